The summed E-state index contributed by atoms with van der Waals surface area (Å²) in [6, 6.07) is 11.0. The van der Waals surface area contributed by atoms with Gasteiger partial charge in [0.1, 0.15) is 12.4 Å². The van der Waals surface area contributed by atoms with E-state index in [2.05, 4.69) is 14.9 Å². The summed E-state index contributed by atoms with van der Waals surface area (Å²) in [6.45, 7) is 2.85. The summed E-state index contributed by atoms with van der Waals surface area (Å²) in [5.41, 5.74) is 1.89. The lowest BCUT2D eigenvalue weighted by molar-refractivity contribution is 0.302. The second-order valence-corrected chi connectivity index (χ2v) is 7.39. The Hall–Kier alpha value is -1.14. The molecule has 0 saturated heterocycles. The lowest BCUT2D eigenvalue weighted by Crippen LogP contribution is -2.17. The maximum atomic E-state index is 6.22. The average molecular weight is 498 g/mol. The SMILES string of the molecule is Cl.Cl.Clc1ccc(COc2ccc(Cl)cc2CNCCCn2ccnc2)c(Cl)c1. The summed E-state index contributed by atoms with van der Waals surface area (Å²) in [4.78, 5) is 4.04. The van der Waals surface area contributed by atoms with E-state index in [0.717, 1.165) is 36.4 Å². The Kier molecular flexibility index (Phi) is 11.8. The minimum absolute atomic E-state index is 0. The maximum absolute atomic E-state index is 6.22. The summed E-state index contributed by atoms with van der Waals surface area (Å²) in [5.74, 6) is 0.785. The number of rotatable bonds is 9. The number of imidazole rings is 1. The fourth-order valence-corrected chi connectivity index (χ4v) is 3.31. The van der Waals surface area contributed by atoms with Crippen molar-refractivity contribution in [3.63, 3.8) is 0 Å². The van der Waals surface area contributed by atoms with Gasteiger partial charge < -0.3 is 14.6 Å². The monoisotopic (exact) mass is 495 g/mol. The van der Waals surface area contributed by atoms with E-state index in [4.69, 9.17) is 39.5 Å². The van der Waals surface area contributed by atoms with Gasteiger partial charge in [0.2, 0.25) is 0 Å². The van der Waals surface area contributed by atoms with Gasteiger partial charge in [-0.3, -0.25) is 0 Å². The zero-order valence-electron chi connectivity index (χ0n) is 15.5. The highest BCUT2D eigenvalue weighted by Crippen LogP contribution is 2.26. The third-order valence-electron chi connectivity index (χ3n) is 4.07. The van der Waals surface area contributed by atoms with E-state index in [1.165, 1.54) is 0 Å². The standard InChI is InChI=1S/C20H20Cl3N3O.2ClH/c21-17-4-5-20(27-13-15-2-3-18(22)11-19(15)23)16(10-17)12-24-6-1-8-26-9-7-25-14-26;;/h2-5,7,9-11,14,24H,1,6,8,12-13H2;2*1H. The third kappa shape index (κ3) is 8.25. The van der Waals surface area contributed by atoms with Gasteiger partial charge in [0, 0.05) is 51.7 Å². The van der Waals surface area contributed by atoms with Crippen LogP contribution >= 0.6 is 59.6 Å². The molecule has 0 aliphatic heterocycles. The largest absolute Gasteiger partial charge is 0.489 e. The third-order valence-corrected chi connectivity index (χ3v) is 4.89. The molecule has 158 valence electrons. The summed E-state index contributed by atoms with van der Waals surface area (Å²) < 4.78 is 8.04. The van der Waals surface area contributed by atoms with Crippen molar-refractivity contribution in [2.24, 2.45) is 0 Å². The van der Waals surface area contributed by atoms with Gasteiger partial charge in [0.15, 0.2) is 0 Å². The normalized spacial score (nSPS) is 10.2. The molecule has 9 heteroatoms. The smallest absolute Gasteiger partial charge is 0.124 e. The molecule has 0 radical (unpaired) electrons. The Morgan fingerprint density at radius 3 is 2.45 bits per heavy atom. The lowest BCUT2D eigenvalue weighted by Gasteiger charge is -2.14. The highest BCUT2D eigenvalue weighted by atomic mass is 35.5. The number of hydrogen-bond donors (Lipinski definition) is 1. The molecule has 0 spiro atoms. The molecule has 0 bridgehead atoms. The van der Waals surface area contributed by atoms with Crippen LogP contribution in [0.1, 0.15) is 17.5 Å². The fourth-order valence-electron chi connectivity index (χ4n) is 2.65. The minimum atomic E-state index is 0. The Bertz CT molecular complexity index is 875. The highest BCUT2D eigenvalue weighted by molar-refractivity contribution is 6.35. The number of nitrogens with zero attached hydrogens (tertiary/aromatic N) is 2. The Morgan fingerprint density at radius 1 is 0.966 bits per heavy atom. The molecule has 0 fully saturated rings. The molecule has 1 N–H and O–H groups in total. The number of halogens is 5. The van der Waals surface area contributed by atoms with Crippen molar-refractivity contribution in [3.05, 3.63) is 81.3 Å². The number of aryl methyl sites for hydroxylation is 1. The van der Waals surface area contributed by atoms with Gasteiger partial charge in [-0.05, 0) is 43.3 Å². The van der Waals surface area contributed by atoms with Crippen molar-refractivity contribution in [2.45, 2.75) is 26.1 Å². The van der Waals surface area contributed by atoms with Crippen LogP contribution in [0, 0.1) is 0 Å². The summed E-state index contributed by atoms with van der Waals surface area (Å²) >= 11 is 18.3. The van der Waals surface area contributed by atoms with Crippen LogP contribution in [0.2, 0.25) is 15.1 Å². The van der Waals surface area contributed by atoms with Crippen LogP contribution in [0.25, 0.3) is 0 Å². The quantitative estimate of drug-likeness (QED) is 0.346. The average Bonchev–Trinajstić information content (AvgIpc) is 3.15. The van der Waals surface area contributed by atoms with Gasteiger partial charge in [0.25, 0.3) is 0 Å². The van der Waals surface area contributed by atoms with Crippen LogP contribution in [-0.4, -0.2) is 16.1 Å². The summed E-state index contributed by atoms with van der Waals surface area (Å²) in [7, 11) is 0. The Labute approximate surface area is 198 Å². The van der Waals surface area contributed by atoms with Crippen LogP contribution in [0.15, 0.2) is 55.1 Å². The van der Waals surface area contributed by atoms with Crippen LogP contribution in [-0.2, 0) is 19.7 Å². The second kappa shape index (κ2) is 13.2. The van der Waals surface area contributed by atoms with Crippen molar-refractivity contribution in [1.82, 2.24) is 14.9 Å². The molecule has 29 heavy (non-hydrogen) atoms. The van der Waals surface area contributed by atoms with E-state index >= 15 is 0 Å². The minimum Gasteiger partial charge on any atom is -0.489 e. The topological polar surface area (TPSA) is 39.1 Å². The molecular formula is C20H22Cl5N3O. The molecule has 3 rings (SSSR count). The van der Waals surface area contributed by atoms with E-state index in [-0.39, 0.29) is 24.8 Å². The van der Waals surface area contributed by atoms with Gasteiger partial charge in [-0.15, -0.1) is 24.8 Å². The van der Waals surface area contributed by atoms with Crippen molar-refractivity contribution in [3.8, 4) is 5.75 Å². The molecular weight excluding hydrogens is 476 g/mol. The van der Waals surface area contributed by atoms with E-state index in [9.17, 15) is 0 Å². The molecule has 4 nitrogen and oxygen atoms in total. The summed E-state index contributed by atoms with van der Waals surface area (Å²) in [6.07, 6.45) is 6.58. The van der Waals surface area contributed by atoms with E-state index in [1.54, 1.807) is 18.3 Å². The van der Waals surface area contributed by atoms with E-state index in [1.807, 2.05) is 36.8 Å². The molecule has 1 aromatic heterocycles. The first-order valence-electron chi connectivity index (χ1n) is 8.63. The molecule has 0 unspecified atom stereocenters. The molecule has 0 saturated carbocycles. The van der Waals surface area contributed by atoms with Crippen molar-refractivity contribution < 1.29 is 4.74 Å². The van der Waals surface area contributed by atoms with Crippen LogP contribution in [0.5, 0.6) is 5.75 Å². The Balaban J connectivity index is 0.00000210. The molecule has 0 amide bonds. The maximum Gasteiger partial charge on any atom is 0.124 e. The lowest BCUT2D eigenvalue weighted by atomic mass is 10.2. The number of ether oxygens (including phenoxy) is 1. The second-order valence-electron chi connectivity index (χ2n) is 6.11. The molecule has 3 aromatic rings. The molecule has 0 atom stereocenters. The number of aromatic nitrogens is 2. The molecule has 0 aliphatic carbocycles. The predicted octanol–water partition coefficient (Wildman–Crippen LogP) is 6.45. The molecule has 0 aliphatic rings. The van der Waals surface area contributed by atoms with Crippen LogP contribution in [0.3, 0.4) is 0 Å². The Morgan fingerprint density at radius 2 is 1.72 bits per heavy atom. The summed E-state index contributed by atoms with van der Waals surface area (Å²) in [5, 5.41) is 5.32. The zero-order chi connectivity index (χ0) is 19.1. The van der Waals surface area contributed by atoms with Crippen molar-refractivity contribution in [1.29, 1.82) is 0 Å². The van der Waals surface area contributed by atoms with E-state index in [0.29, 0.717) is 28.2 Å². The van der Waals surface area contributed by atoms with Gasteiger partial charge in [-0.25, -0.2) is 4.98 Å². The number of benzene rings is 2. The van der Waals surface area contributed by atoms with Gasteiger partial charge >= 0.3 is 0 Å². The van der Waals surface area contributed by atoms with Gasteiger partial charge in [-0.2, -0.15) is 0 Å². The fraction of sp³-hybridized carbons (Fsp3) is 0.250. The van der Waals surface area contributed by atoms with Crippen molar-refractivity contribution in [2.75, 3.05) is 6.54 Å². The van der Waals surface area contributed by atoms with Crippen LogP contribution < -0.4 is 10.1 Å². The number of hydrogen-bond acceptors (Lipinski definition) is 3. The zero-order valence-corrected chi connectivity index (χ0v) is 19.4. The van der Waals surface area contributed by atoms with Gasteiger partial charge in [0.05, 0.1) is 6.33 Å². The van der Waals surface area contributed by atoms with Crippen LogP contribution in [0.4, 0.5) is 0 Å². The van der Waals surface area contributed by atoms with Crippen molar-refractivity contribution >= 4 is 59.6 Å². The van der Waals surface area contributed by atoms with E-state index < -0.39 is 0 Å². The highest BCUT2D eigenvalue weighted by Gasteiger charge is 2.07. The first kappa shape index (κ1) is 25.9. The molecule has 2 aromatic carbocycles. The first-order chi connectivity index (χ1) is 13.1. The first-order valence-corrected chi connectivity index (χ1v) is 9.77. The number of nitrogens with one attached hydrogen (secondary N) is 1. The van der Waals surface area contributed by atoms with Gasteiger partial charge in [-0.1, -0.05) is 40.9 Å². The predicted molar refractivity (Wildman–Crippen MR) is 125 cm³/mol. The molecule has 1 heterocycles.